The van der Waals surface area contributed by atoms with Crippen molar-refractivity contribution in [3.05, 3.63) is 47.5 Å². The fourth-order valence-electron chi connectivity index (χ4n) is 2.06. The zero-order valence-electron chi connectivity index (χ0n) is 8.95. The first-order valence-electron chi connectivity index (χ1n) is 5.36. The molecule has 1 aliphatic heterocycles. The van der Waals surface area contributed by atoms with Gasteiger partial charge < -0.3 is 0 Å². The molecule has 0 saturated carbocycles. The van der Waals surface area contributed by atoms with Crippen molar-refractivity contribution in [2.45, 2.75) is 13.0 Å². The summed E-state index contributed by atoms with van der Waals surface area (Å²) in [5.41, 5.74) is 4.18. The summed E-state index contributed by atoms with van der Waals surface area (Å²) in [6, 6.07) is 8.71. The quantitative estimate of drug-likeness (QED) is 0.604. The zero-order valence-corrected chi connectivity index (χ0v) is 9.84. The highest BCUT2D eigenvalue weighted by Gasteiger charge is 2.15. The van der Waals surface area contributed by atoms with Gasteiger partial charge in [-0.1, -0.05) is 36.4 Å². The largest absolute Gasteiger partial charge is 0.295 e. The third-order valence-corrected chi connectivity index (χ3v) is 3.33. The first-order valence-corrected chi connectivity index (χ1v) is 5.99. The van der Waals surface area contributed by atoms with Gasteiger partial charge in [0, 0.05) is 25.4 Å². The van der Waals surface area contributed by atoms with E-state index >= 15 is 0 Å². The Balaban J connectivity index is 2.02. The molecule has 1 aromatic rings. The van der Waals surface area contributed by atoms with Gasteiger partial charge >= 0.3 is 0 Å². The first-order chi connectivity index (χ1) is 7.29. The first kappa shape index (κ1) is 10.8. The highest BCUT2D eigenvalue weighted by Crippen LogP contribution is 2.18. The molecule has 15 heavy (non-hydrogen) atoms. The molecule has 0 amide bonds. The van der Waals surface area contributed by atoms with Crippen molar-refractivity contribution in [2.75, 3.05) is 18.8 Å². The van der Waals surface area contributed by atoms with E-state index in [1.807, 2.05) is 0 Å². The average Bonchev–Trinajstić information content (AvgIpc) is 2.29. The van der Waals surface area contributed by atoms with Crippen LogP contribution in [0, 0.1) is 0 Å². The third-order valence-electron chi connectivity index (χ3n) is 2.88. The second-order valence-corrected chi connectivity index (χ2v) is 4.45. The van der Waals surface area contributed by atoms with E-state index in [1.165, 1.54) is 16.7 Å². The summed E-state index contributed by atoms with van der Waals surface area (Å²) in [6.07, 6.45) is 1.16. The van der Waals surface area contributed by atoms with E-state index in [0.29, 0.717) is 0 Å². The van der Waals surface area contributed by atoms with Crippen LogP contribution in [-0.4, -0.2) is 23.7 Å². The summed E-state index contributed by atoms with van der Waals surface area (Å²) in [6.45, 7) is 7.19. The number of thiol groups is 1. The molecule has 0 radical (unpaired) electrons. The Hall–Kier alpha value is -0.730. The number of hydrogen-bond donors (Lipinski definition) is 1. The summed E-state index contributed by atoms with van der Waals surface area (Å²) in [5, 5.41) is 0. The Labute approximate surface area is 97.2 Å². The van der Waals surface area contributed by atoms with Crippen LogP contribution in [0.25, 0.3) is 0 Å². The highest BCUT2D eigenvalue weighted by atomic mass is 32.1. The van der Waals surface area contributed by atoms with Crippen LogP contribution in [0.2, 0.25) is 0 Å². The van der Waals surface area contributed by atoms with E-state index in [0.717, 1.165) is 31.8 Å². The van der Waals surface area contributed by atoms with E-state index in [9.17, 15) is 0 Å². The van der Waals surface area contributed by atoms with Gasteiger partial charge in [0.05, 0.1) is 0 Å². The lowest BCUT2D eigenvalue weighted by Crippen LogP contribution is -2.32. The maximum atomic E-state index is 4.24. The van der Waals surface area contributed by atoms with Crippen LogP contribution in [0.15, 0.2) is 36.4 Å². The minimum atomic E-state index is 0.790. The van der Waals surface area contributed by atoms with Crippen molar-refractivity contribution in [3.63, 3.8) is 0 Å². The van der Waals surface area contributed by atoms with Crippen LogP contribution in [0.4, 0.5) is 0 Å². The summed E-state index contributed by atoms with van der Waals surface area (Å²) >= 11 is 4.24. The average molecular weight is 219 g/mol. The third kappa shape index (κ3) is 2.64. The predicted molar refractivity (Wildman–Crippen MR) is 68.4 cm³/mol. The van der Waals surface area contributed by atoms with Crippen molar-refractivity contribution in [1.82, 2.24) is 4.90 Å². The number of hydrogen-bond acceptors (Lipinski definition) is 2. The van der Waals surface area contributed by atoms with E-state index in [4.69, 9.17) is 0 Å². The molecule has 1 nitrogen and oxygen atoms in total. The van der Waals surface area contributed by atoms with Gasteiger partial charge in [-0.05, 0) is 17.5 Å². The van der Waals surface area contributed by atoms with Crippen molar-refractivity contribution < 1.29 is 0 Å². The highest BCUT2D eigenvalue weighted by molar-refractivity contribution is 7.80. The minimum Gasteiger partial charge on any atom is -0.295 e. The Morgan fingerprint density at radius 2 is 2.07 bits per heavy atom. The summed E-state index contributed by atoms with van der Waals surface area (Å²) in [5.74, 6) is 0.790. The van der Waals surface area contributed by atoms with Crippen molar-refractivity contribution in [2.24, 2.45) is 0 Å². The lowest BCUT2D eigenvalue weighted by Gasteiger charge is -2.29. The lowest BCUT2D eigenvalue weighted by molar-refractivity contribution is 0.276. The molecule has 2 rings (SSSR count). The maximum absolute atomic E-state index is 4.24. The molecule has 2 heteroatoms. The van der Waals surface area contributed by atoms with Gasteiger partial charge in [-0.3, -0.25) is 4.90 Å². The summed E-state index contributed by atoms with van der Waals surface area (Å²) in [4.78, 5) is 2.45. The van der Waals surface area contributed by atoms with Crippen LogP contribution >= 0.6 is 12.6 Å². The van der Waals surface area contributed by atoms with Gasteiger partial charge in [0.1, 0.15) is 0 Å². The van der Waals surface area contributed by atoms with Crippen LogP contribution in [-0.2, 0) is 13.0 Å². The second kappa shape index (κ2) is 4.86. The monoisotopic (exact) mass is 219 g/mol. The maximum Gasteiger partial charge on any atom is 0.0240 e. The predicted octanol–water partition coefficient (Wildman–Crippen LogP) is 2.53. The Bertz CT molecular complexity index is 359. The van der Waals surface area contributed by atoms with Gasteiger partial charge in [0.15, 0.2) is 0 Å². The fraction of sp³-hybridized carbons (Fsp3) is 0.385. The standard InChI is InChI=1S/C13H17NS/c1-11(10-15)8-14-7-6-12-4-2-3-5-13(12)9-14/h2-5,15H,1,6-10H2. The molecule has 0 unspecified atom stereocenters. The van der Waals surface area contributed by atoms with Crippen LogP contribution in [0.5, 0.6) is 0 Å². The SMILES string of the molecule is C=C(CS)CN1CCc2ccccc2C1. The van der Waals surface area contributed by atoms with E-state index in [1.54, 1.807) is 0 Å². The molecular weight excluding hydrogens is 202 g/mol. The van der Waals surface area contributed by atoms with Gasteiger partial charge in [-0.2, -0.15) is 12.6 Å². The Morgan fingerprint density at radius 3 is 2.80 bits per heavy atom. The molecule has 1 aliphatic rings. The second-order valence-electron chi connectivity index (χ2n) is 4.14. The zero-order chi connectivity index (χ0) is 10.7. The number of nitrogens with zero attached hydrogens (tertiary/aromatic N) is 1. The van der Waals surface area contributed by atoms with Crippen molar-refractivity contribution in [3.8, 4) is 0 Å². The molecule has 0 aliphatic carbocycles. The molecule has 1 aromatic carbocycles. The van der Waals surface area contributed by atoms with Crippen LogP contribution < -0.4 is 0 Å². The Kier molecular flexibility index (Phi) is 3.49. The number of fused-ring (bicyclic) bond motifs is 1. The molecule has 0 N–H and O–H groups in total. The van der Waals surface area contributed by atoms with E-state index < -0.39 is 0 Å². The molecule has 80 valence electrons. The van der Waals surface area contributed by atoms with Gasteiger partial charge in [-0.25, -0.2) is 0 Å². The molecule has 0 spiro atoms. The van der Waals surface area contributed by atoms with Crippen LogP contribution in [0.3, 0.4) is 0 Å². The number of rotatable bonds is 3. The minimum absolute atomic E-state index is 0.790. The van der Waals surface area contributed by atoms with Crippen molar-refractivity contribution in [1.29, 1.82) is 0 Å². The Morgan fingerprint density at radius 1 is 1.33 bits per heavy atom. The molecular formula is C13H17NS. The van der Waals surface area contributed by atoms with Crippen molar-refractivity contribution >= 4 is 12.6 Å². The molecule has 0 fully saturated rings. The molecule has 0 bridgehead atoms. The van der Waals surface area contributed by atoms with E-state index in [2.05, 4.69) is 48.4 Å². The molecule has 0 atom stereocenters. The van der Waals surface area contributed by atoms with Gasteiger partial charge in [0.2, 0.25) is 0 Å². The summed E-state index contributed by atoms with van der Waals surface area (Å²) < 4.78 is 0. The smallest absolute Gasteiger partial charge is 0.0240 e. The van der Waals surface area contributed by atoms with Crippen LogP contribution in [0.1, 0.15) is 11.1 Å². The molecule has 0 saturated heterocycles. The topological polar surface area (TPSA) is 3.24 Å². The van der Waals surface area contributed by atoms with Gasteiger partial charge in [0.25, 0.3) is 0 Å². The molecule has 0 aromatic heterocycles. The summed E-state index contributed by atoms with van der Waals surface area (Å²) in [7, 11) is 0. The number of benzene rings is 1. The normalized spacial score (nSPS) is 16.1. The lowest BCUT2D eigenvalue weighted by atomic mass is 10.00. The molecule has 1 heterocycles. The fourth-order valence-corrected chi connectivity index (χ4v) is 2.16. The van der Waals surface area contributed by atoms with Gasteiger partial charge in [-0.15, -0.1) is 0 Å². The van der Waals surface area contributed by atoms with E-state index in [-0.39, 0.29) is 0 Å².